The highest BCUT2D eigenvalue weighted by atomic mass is 16.3. The number of aromatic nitrogens is 2. The van der Waals surface area contributed by atoms with Crippen LogP contribution in [0.5, 0.6) is 0 Å². The molecule has 0 unspecified atom stereocenters. The largest absolute Gasteiger partial charge is 0.386 e. The van der Waals surface area contributed by atoms with Gasteiger partial charge in [0.25, 0.3) is 5.91 Å². The number of carbonyl (C=O) groups excluding carboxylic acids is 1. The summed E-state index contributed by atoms with van der Waals surface area (Å²) in [4.78, 5) is 16.6. The van der Waals surface area contributed by atoms with E-state index in [0.29, 0.717) is 18.7 Å². The van der Waals surface area contributed by atoms with Crippen molar-refractivity contribution >= 4 is 17.1 Å². The van der Waals surface area contributed by atoms with Crippen LogP contribution >= 0.6 is 0 Å². The number of anilines is 1. The molecule has 0 radical (unpaired) electrons. The van der Waals surface area contributed by atoms with Gasteiger partial charge in [-0.25, -0.2) is 4.52 Å². The van der Waals surface area contributed by atoms with Crippen LogP contribution < -0.4 is 4.90 Å². The molecule has 1 N–H and O–H groups in total. The highest BCUT2D eigenvalue weighted by molar-refractivity contribution is 6.01. The van der Waals surface area contributed by atoms with Crippen molar-refractivity contribution < 1.29 is 9.90 Å². The van der Waals surface area contributed by atoms with Crippen molar-refractivity contribution in [3.63, 3.8) is 0 Å². The lowest BCUT2D eigenvalue weighted by atomic mass is 9.96. The molecule has 0 bridgehead atoms. The number of hydrogen-bond donors (Lipinski definition) is 1. The van der Waals surface area contributed by atoms with Crippen LogP contribution in [0.15, 0.2) is 24.5 Å². The Morgan fingerprint density at radius 1 is 1.32 bits per heavy atom. The number of β-amino-alcohol motifs (C(OH)–C–C–N with tert-alkyl or cyclic N) is 1. The first-order valence-electron chi connectivity index (χ1n) is 7.78. The molecule has 2 aromatic heterocycles. The number of pyridine rings is 1. The van der Waals surface area contributed by atoms with Crippen molar-refractivity contribution in [2.24, 2.45) is 0 Å². The minimum Gasteiger partial charge on any atom is -0.386 e. The van der Waals surface area contributed by atoms with Gasteiger partial charge in [0, 0.05) is 25.0 Å². The summed E-state index contributed by atoms with van der Waals surface area (Å²) in [7, 11) is 0. The van der Waals surface area contributed by atoms with Crippen molar-refractivity contribution in [3.8, 4) is 0 Å². The molecule has 4 rings (SSSR count). The Bertz CT molecular complexity index is 723. The van der Waals surface area contributed by atoms with Gasteiger partial charge in [-0.05, 0) is 31.9 Å². The molecule has 0 aliphatic carbocycles. The molecule has 2 aromatic rings. The number of fused-ring (bicyclic) bond motifs is 1. The van der Waals surface area contributed by atoms with Crippen molar-refractivity contribution in [2.75, 3.05) is 31.1 Å². The fraction of sp³-hybridized carbons (Fsp3) is 0.500. The first-order chi connectivity index (χ1) is 10.5. The van der Waals surface area contributed by atoms with Gasteiger partial charge < -0.3 is 14.9 Å². The van der Waals surface area contributed by atoms with Crippen LogP contribution in [0, 0.1) is 0 Å². The minimum absolute atomic E-state index is 0.0555. The minimum atomic E-state index is -0.751. The predicted octanol–water partition coefficient (Wildman–Crippen LogP) is 1.14. The molecular formula is C16H20N4O2. The van der Waals surface area contributed by atoms with Crippen LogP contribution in [0.1, 0.15) is 30.1 Å². The first kappa shape index (κ1) is 13.6. The summed E-state index contributed by atoms with van der Waals surface area (Å²) in [5.74, 6) is -0.0555. The van der Waals surface area contributed by atoms with Gasteiger partial charge >= 0.3 is 0 Å². The maximum atomic E-state index is 12.6. The monoisotopic (exact) mass is 300 g/mol. The van der Waals surface area contributed by atoms with Gasteiger partial charge in [-0.2, -0.15) is 5.10 Å². The fourth-order valence-corrected chi connectivity index (χ4v) is 3.40. The third-order valence-electron chi connectivity index (χ3n) is 4.56. The first-order valence-corrected chi connectivity index (χ1v) is 7.78. The zero-order valence-corrected chi connectivity index (χ0v) is 12.7. The molecule has 0 saturated carbocycles. The van der Waals surface area contributed by atoms with E-state index in [4.69, 9.17) is 0 Å². The van der Waals surface area contributed by atoms with E-state index >= 15 is 0 Å². The molecule has 2 aliphatic heterocycles. The topological polar surface area (TPSA) is 61.1 Å². The third kappa shape index (κ3) is 2.14. The lowest BCUT2D eigenvalue weighted by Crippen LogP contribution is -2.61. The molecule has 0 aromatic carbocycles. The number of aliphatic hydroxyl groups is 1. The third-order valence-corrected chi connectivity index (χ3v) is 4.56. The normalized spacial score (nSPS) is 20.5. The fourth-order valence-electron chi connectivity index (χ4n) is 3.40. The average molecular weight is 300 g/mol. The van der Waals surface area contributed by atoms with E-state index in [1.807, 2.05) is 18.3 Å². The number of hydrogen-bond acceptors (Lipinski definition) is 4. The molecule has 1 amide bonds. The maximum Gasteiger partial charge on any atom is 0.257 e. The van der Waals surface area contributed by atoms with Crippen LogP contribution in [-0.4, -0.2) is 57.3 Å². The van der Waals surface area contributed by atoms with Crippen LogP contribution in [0.25, 0.3) is 5.52 Å². The predicted molar refractivity (Wildman–Crippen MR) is 83.2 cm³/mol. The van der Waals surface area contributed by atoms with E-state index in [1.54, 1.807) is 22.5 Å². The summed E-state index contributed by atoms with van der Waals surface area (Å²) < 4.78 is 1.74. The molecule has 2 fully saturated rings. The molecule has 4 heterocycles. The zero-order valence-electron chi connectivity index (χ0n) is 12.7. The van der Waals surface area contributed by atoms with E-state index in [-0.39, 0.29) is 5.91 Å². The van der Waals surface area contributed by atoms with Gasteiger partial charge in [0.15, 0.2) is 0 Å². The summed E-state index contributed by atoms with van der Waals surface area (Å²) in [5.41, 5.74) is 1.84. The molecular weight excluding hydrogens is 280 g/mol. The van der Waals surface area contributed by atoms with Crippen LogP contribution in [0.2, 0.25) is 0 Å². The van der Waals surface area contributed by atoms with Crippen LogP contribution in [-0.2, 0) is 0 Å². The highest BCUT2D eigenvalue weighted by Crippen LogP contribution is 2.26. The maximum absolute atomic E-state index is 12.6. The van der Waals surface area contributed by atoms with Crippen molar-refractivity contribution in [1.29, 1.82) is 0 Å². The second kappa shape index (κ2) is 4.71. The highest BCUT2D eigenvalue weighted by Gasteiger charge is 2.40. The number of nitrogens with zero attached hydrogens (tertiary/aromatic N) is 4. The smallest absolute Gasteiger partial charge is 0.257 e. The Morgan fingerprint density at radius 2 is 2.05 bits per heavy atom. The van der Waals surface area contributed by atoms with Gasteiger partial charge in [-0.1, -0.05) is 0 Å². The lowest BCUT2D eigenvalue weighted by molar-refractivity contribution is -0.0668. The van der Waals surface area contributed by atoms with E-state index in [2.05, 4.69) is 10.00 Å². The molecule has 0 atom stereocenters. The second-order valence-electron chi connectivity index (χ2n) is 6.63. The Labute approximate surface area is 128 Å². The Morgan fingerprint density at radius 3 is 2.73 bits per heavy atom. The molecule has 0 spiro atoms. The molecule has 22 heavy (non-hydrogen) atoms. The van der Waals surface area contributed by atoms with Crippen LogP contribution in [0.3, 0.4) is 0 Å². The van der Waals surface area contributed by atoms with Crippen molar-refractivity contribution in [1.82, 2.24) is 14.5 Å². The molecule has 6 heteroatoms. The summed E-state index contributed by atoms with van der Waals surface area (Å²) in [6.45, 7) is 4.66. The van der Waals surface area contributed by atoms with Gasteiger partial charge in [0.05, 0.1) is 36.0 Å². The van der Waals surface area contributed by atoms with Gasteiger partial charge in [-0.15, -0.1) is 0 Å². The average Bonchev–Trinajstić information content (AvgIpc) is 3.12. The van der Waals surface area contributed by atoms with Crippen molar-refractivity contribution in [2.45, 2.75) is 25.4 Å². The summed E-state index contributed by atoms with van der Waals surface area (Å²) in [6.07, 6.45) is 5.97. The van der Waals surface area contributed by atoms with E-state index in [0.717, 1.165) is 24.3 Å². The Kier molecular flexibility index (Phi) is 2.91. The molecule has 2 aliphatic rings. The second-order valence-corrected chi connectivity index (χ2v) is 6.63. The number of carbonyl (C=O) groups is 1. The standard InChI is InChI=1S/C16H20N4O2/c1-16(22)10-19(11-16)15(21)13-9-17-20-7-4-12(8-14(13)20)18-5-2-3-6-18/h4,7-9,22H,2-3,5-6,10-11H2,1H3. The van der Waals surface area contributed by atoms with Gasteiger partial charge in [0.2, 0.25) is 0 Å². The zero-order chi connectivity index (χ0) is 15.3. The molecule has 2 saturated heterocycles. The SMILES string of the molecule is CC1(O)CN(C(=O)c2cnn3ccc(N4CCCC4)cc23)C1. The van der Waals surface area contributed by atoms with Gasteiger partial charge in [0.1, 0.15) is 0 Å². The lowest BCUT2D eigenvalue weighted by Gasteiger charge is -2.44. The number of likely N-dealkylation sites (tertiary alicyclic amines) is 1. The summed E-state index contributed by atoms with van der Waals surface area (Å²) in [6, 6.07) is 4.09. The quantitative estimate of drug-likeness (QED) is 0.903. The van der Waals surface area contributed by atoms with Crippen molar-refractivity contribution in [3.05, 3.63) is 30.1 Å². The number of amides is 1. The number of rotatable bonds is 2. The Balaban J connectivity index is 1.66. The molecule has 116 valence electrons. The van der Waals surface area contributed by atoms with E-state index in [1.165, 1.54) is 12.8 Å². The summed E-state index contributed by atoms with van der Waals surface area (Å²) in [5, 5.41) is 14.1. The van der Waals surface area contributed by atoms with Crippen LogP contribution in [0.4, 0.5) is 5.69 Å². The van der Waals surface area contributed by atoms with E-state index in [9.17, 15) is 9.90 Å². The molecule has 6 nitrogen and oxygen atoms in total. The van der Waals surface area contributed by atoms with Gasteiger partial charge in [-0.3, -0.25) is 4.79 Å². The van der Waals surface area contributed by atoms with E-state index < -0.39 is 5.60 Å². The summed E-state index contributed by atoms with van der Waals surface area (Å²) >= 11 is 0. The Hall–Kier alpha value is -2.08.